The van der Waals surface area contributed by atoms with E-state index in [0.29, 0.717) is 17.9 Å². The van der Waals surface area contributed by atoms with Gasteiger partial charge in [-0.25, -0.2) is 0 Å². The van der Waals surface area contributed by atoms with Crippen LogP contribution in [0.15, 0.2) is 6.07 Å². The summed E-state index contributed by atoms with van der Waals surface area (Å²) >= 11 is 0. The molecule has 1 fully saturated rings. The summed E-state index contributed by atoms with van der Waals surface area (Å²) in [5.74, 6) is -0.754. The molecule has 16 heavy (non-hydrogen) atoms. The van der Waals surface area contributed by atoms with Crippen molar-refractivity contribution in [2.45, 2.75) is 18.3 Å². The zero-order chi connectivity index (χ0) is 11.3. The Labute approximate surface area is 91.8 Å². The van der Waals surface area contributed by atoms with E-state index in [-0.39, 0.29) is 23.7 Å². The number of rotatable bonds is 2. The fourth-order valence-electron chi connectivity index (χ4n) is 2.13. The van der Waals surface area contributed by atoms with Crippen molar-refractivity contribution >= 4 is 0 Å². The first-order chi connectivity index (χ1) is 7.68. The van der Waals surface area contributed by atoms with Gasteiger partial charge in [-0.15, -0.1) is 0 Å². The van der Waals surface area contributed by atoms with Gasteiger partial charge in [0.25, 0.3) is 0 Å². The summed E-state index contributed by atoms with van der Waals surface area (Å²) in [6.07, 6.45) is 1.74. The zero-order valence-corrected chi connectivity index (χ0v) is 8.62. The first kappa shape index (κ1) is 9.72. The molecule has 1 saturated carbocycles. The van der Waals surface area contributed by atoms with E-state index >= 15 is 0 Å². The fourth-order valence-corrected chi connectivity index (χ4v) is 2.13. The lowest BCUT2D eigenvalue weighted by Crippen LogP contribution is -2.20. The van der Waals surface area contributed by atoms with Gasteiger partial charge in [-0.05, 0) is 18.9 Å². The van der Waals surface area contributed by atoms with Gasteiger partial charge in [0.2, 0.25) is 18.4 Å². The van der Waals surface area contributed by atoms with Crippen LogP contribution in [0.2, 0.25) is 0 Å². The molecule has 0 aromatic heterocycles. The third-order valence-corrected chi connectivity index (χ3v) is 3.39. The lowest BCUT2D eigenvalue weighted by atomic mass is 9.94. The molecule has 5 heteroatoms. The number of phenolic OH excluding ortho intramolecular Hbond substituents is 1. The summed E-state index contributed by atoms with van der Waals surface area (Å²) in [4.78, 5) is 0. The number of halogens is 1. The molecule has 0 atom stereocenters. The van der Waals surface area contributed by atoms with Crippen LogP contribution in [0.3, 0.4) is 0 Å². The van der Waals surface area contributed by atoms with Crippen LogP contribution in [-0.4, -0.2) is 18.4 Å². The van der Waals surface area contributed by atoms with Crippen LogP contribution in [0.5, 0.6) is 17.2 Å². The highest BCUT2D eigenvalue weighted by Crippen LogP contribution is 2.54. The quantitative estimate of drug-likeness (QED) is 0.795. The second kappa shape index (κ2) is 3.01. The van der Waals surface area contributed by atoms with Gasteiger partial charge in [-0.2, -0.15) is 4.39 Å². The van der Waals surface area contributed by atoms with Gasteiger partial charge in [0.05, 0.1) is 0 Å². The van der Waals surface area contributed by atoms with Crippen molar-refractivity contribution in [3.8, 4) is 17.2 Å². The molecular formula is C11H12FNO3. The second-order valence-electron chi connectivity index (χ2n) is 4.30. The van der Waals surface area contributed by atoms with E-state index in [1.165, 1.54) is 0 Å². The number of fused-ring (bicyclic) bond motifs is 1. The number of nitrogens with two attached hydrogens (primary N) is 1. The Morgan fingerprint density at radius 3 is 2.81 bits per heavy atom. The van der Waals surface area contributed by atoms with E-state index in [1.807, 2.05) is 0 Å². The third kappa shape index (κ3) is 1.12. The van der Waals surface area contributed by atoms with Crippen molar-refractivity contribution < 1.29 is 19.0 Å². The standard InChI is InChI=1S/C11H12FNO3/c12-8-9(14)6(11(4-13)1-2-11)3-7-10(8)16-5-15-7/h3,14H,1-2,4-5,13H2. The molecule has 1 aromatic rings. The lowest BCUT2D eigenvalue weighted by Gasteiger charge is -2.15. The molecule has 1 aliphatic carbocycles. The summed E-state index contributed by atoms with van der Waals surface area (Å²) in [5, 5.41) is 9.80. The second-order valence-corrected chi connectivity index (χ2v) is 4.30. The van der Waals surface area contributed by atoms with Crippen molar-refractivity contribution in [1.82, 2.24) is 0 Å². The molecule has 1 aromatic carbocycles. The van der Waals surface area contributed by atoms with E-state index < -0.39 is 5.82 Å². The predicted octanol–water partition coefficient (Wildman–Crippen LogP) is 1.25. The molecule has 0 amide bonds. The number of benzene rings is 1. The Morgan fingerprint density at radius 1 is 1.44 bits per heavy atom. The maximum atomic E-state index is 13.8. The maximum Gasteiger partial charge on any atom is 0.231 e. The normalized spacial score (nSPS) is 19.9. The zero-order valence-electron chi connectivity index (χ0n) is 8.62. The van der Waals surface area contributed by atoms with E-state index in [1.54, 1.807) is 6.07 Å². The minimum atomic E-state index is -0.746. The molecule has 3 rings (SSSR count). The molecule has 1 aliphatic heterocycles. The Morgan fingerprint density at radius 2 is 2.19 bits per heavy atom. The maximum absolute atomic E-state index is 13.8. The molecule has 0 radical (unpaired) electrons. The van der Waals surface area contributed by atoms with Crippen LogP contribution in [-0.2, 0) is 5.41 Å². The summed E-state index contributed by atoms with van der Waals surface area (Å²) in [6.45, 7) is 0.393. The van der Waals surface area contributed by atoms with Crippen molar-refractivity contribution in [2.24, 2.45) is 5.73 Å². The highest BCUT2D eigenvalue weighted by molar-refractivity contribution is 5.56. The summed E-state index contributed by atoms with van der Waals surface area (Å²) < 4.78 is 23.8. The van der Waals surface area contributed by atoms with Crippen LogP contribution >= 0.6 is 0 Å². The number of aromatic hydroxyl groups is 1. The molecule has 0 spiro atoms. The Bertz CT molecular complexity index is 457. The molecule has 0 saturated heterocycles. The third-order valence-electron chi connectivity index (χ3n) is 3.39. The van der Waals surface area contributed by atoms with Gasteiger partial charge in [0.15, 0.2) is 11.5 Å². The first-order valence-electron chi connectivity index (χ1n) is 5.19. The lowest BCUT2D eigenvalue weighted by molar-refractivity contribution is 0.170. The van der Waals surface area contributed by atoms with E-state index in [9.17, 15) is 9.50 Å². The largest absolute Gasteiger partial charge is 0.505 e. The van der Waals surface area contributed by atoms with Crippen molar-refractivity contribution in [2.75, 3.05) is 13.3 Å². The Hall–Kier alpha value is -1.49. The average molecular weight is 225 g/mol. The van der Waals surface area contributed by atoms with Crippen molar-refractivity contribution in [1.29, 1.82) is 0 Å². The summed E-state index contributed by atoms with van der Waals surface area (Å²) in [5.41, 5.74) is 5.93. The van der Waals surface area contributed by atoms with Crippen molar-refractivity contribution in [3.05, 3.63) is 17.4 Å². The predicted molar refractivity (Wildman–Crippen MR) is 54.2 cm³/mol. The van der Waals surface area contributed by atoms with Gasteiger partial charge in [0, 0.05) is 17.5 Å². The van der Waals surface area contributed by atoms with Gasteiger partial charge in [-0.1, -0.05) is 0 Å². The summed E-state index contributed by atoms with van der Waals surface area (Å²) in [7, 11) is 0. The molecule has 0 bridgehead atoms. The fraction of sp³-hybridized carbons (Fsp3) is 0.455. The molecule has 1 heterocycles. The van der Waals surface area contributed by atoms with Gasteiger partial charge in [-0.3, -0.25) is 0 Å². The van der Waals surface area contributed by atoms with Gasteiger partial charge >= 0.3 is 0 Å². The summed E-state index contributed by atoms with van der Waals surface area (Å²) in [6, 6.07) is 1.64. The molecule has 3 N–H and O–H groups in total. The van der Waals surface area contributed by atoms with Crippen LogP contribution in [0, 0.1) is 5.82 Å². The number of hydrogen-bond donors (Lipinski definition) is 2. The topological polar surface area (TPSA) is 64.7 Å². The van der Waals surface area contributed by atoms with Gasteiger partial charge < -0.3 is 20.3 Å². The molecule has 4 nitrogen and oxygen atoms in total. The van der Waals surface area contributed by atoms with Crippen molar-refractivity contribution in [3.63, 3.8) is 0 Å². The smallest absolute Gasteiger partial charge is 0.231 e. The van der Waals surface area contributed by atoms with E-state index in [0.717, 1.165) is 12.8 Å². The number of ether oxygens (including phenoxy) is 2. The number of hydrogen-bond acceptors (Lipinski definition) is 4. The van der Waals surface area contributed by atoms with E-state index in [2.05, 4.69) is 0 Å². The number of phenols is 1. The van der Waals surface area contributed by atoms with Crippen LogP contribution in [0.25, 0.3) is 0 Å². The highest BCUT2D eigenvalue weighted by Gasteiger charge is 2.46. The minimum absolute atomic E-state index is 0.00549. The highest BCUT2D eigenvalue weighted by atomic mass is 19.1. The SMILES string of the molecule is NCC1(c2cc3c(c(F)c2O)OCO3)CC1. The van der Waals surface area contributed by atoms with E-state index in [4.69, 9.17) is 15.2 Å². The molecular weight excluding hydrogens is 213 g/mol. The van der Waals surface area contributed by atoms with Crippen LogP contribution in [0.1, 0.15) is 18.4 Å². The molecule has 86 valence electrons. The van der Waals surface area contributed by atoms with Gasteiger partial charge in [0.1, 0.15) is 0 Å². The van der Waals surface area contributed by atoms with Crippen LogP contribution in [0.4, 0.5) is 4.39 Å². The Balaban J connectivity index is 2.17. The monoisotopic (exact) mass is 225 g/mol. The average Bonchev–Trinajstić information content (AvgIpc) is 2.95. The molecule has 0 unspecified atom stereocenters. The first-order valence-corrected chi connectivity index (χ1v) is 5.19. The van der Waals surface area contributed by atoms with Crippen LogP contribution < -0.4 is 15.2 Å². The molecule has 2 aliphatic rings. The Kier molecular flexibility index (Phi) is 1.83. The minimum Gasteiger partial charge on any atom is -0.505 e.